The number of hydrogen-bond donors (Lipinski definition) is 0. The molecule has 0 aromatic carbocycles. The van der Waals surface area contributed by atoms with Crippen LogP contribution in [0.25, 0.3) is 5.65 Å². The average molecular weight is 227 g/mol. The summed E-state index contributed by atoms with van der Waals surface area (Å²) in [5.74, 6) is -0.270. The number of esters is 1. The van der Waals surface area contributed by atoms with Crippen LogP contribution in [0.1, 0.15) is 5.69 Å². The second kappa shape index (κ2) is 4.79. The largest absolute Gasteiger partial charge is 0.469 e. The third kappa shape index (κ3) is 2.47. The van der Waals surface area contributed by atoms with Crippen molar-refractivity contribution in [3.63, 3.8) is 0 Å². The molecule has 0 amide bonds. The maximum absolute atomic E-state index is 11.0. The first-order valence-electron chi connectivity index (χ1n) is 4.29. The lowest BCUT2D eigenvalue weighted by Crippen LogP contribution is -2.04. The SMILES string of the molecule is COC(=O)Cc1cn2ccccc2n1.Cl. The fraction of sp³-hybridized carbons (Fsp3) is 0.200. The van der Waals surface area contributed by atoms with Crippen molar-refractivity contribution in [3.05, 3.63) is 36.3 Å². The number of carbonyl (C=O) groups excluding carboxylic acids is 1. The van der Waals surface area contributed by atoms with Crippen molar-refractivity contribution in [2.45, 2.75) is 6.42 Å². The number of methoxy groups -OCH3 is 1. The summed E-state index contributed by atoms with van der Waals surface area (Å²) in [5, 5.41) is 0. The highest BCUT2D eigenvalue weighted by Crippen LogP contribution is 2.05. The number of pyridine rings is 1. The molecule has 0 atom stereocenters. The van der Waals surface area contributed by atoms with Crippen LogP contribution in [0.5, 0.6) is 0 Å². The molecule has 15 heavy (non-hydrogen) atoms. The van der Waals surface area contributed by atoms with Crippen molar-refractivity contribution in [3.8, 4) is 0 Å². The van der Waals surface area contributed by atoms with Crippen LogP contribution < -0.4 is 0 Å². The highest BCUT2D eigenvalue weighted by Gasteiger charge is 2.06. The van der Waals surface area contributed by atoms with Crippen LogP contribution in [0, 0.1) is 0 Å². The van der Waals surface area contributed by atoms with Crippen molar-refractivity contribution in [2.24, 2.45) is 0 Å². The molecule has 0 radical (unpaired) electrons. The fourth-order valence-electron chi connectivity index (χ4n) is 1.29. The van der Waals surface area contributed by atoms with Gasteiger partial charge in [0.05, 0.1) is 19.2 Å². The number of nitrogens with zero attached hydrogens (tertiary/aromatic N) is 2. The number of halogens is 1. The van der Waals surface area contributed by atoms with Crippen LogP contribution in [0.3, 0.4) is 0 Å². The van der Waals surface area contributed by atoms with Gasteiger partial charge in [0, 0.05) is 12.4 Å². The van der Waals surface area contributed by atoms with Gasteiger partial charge in [-0.1, -0.05) is 6.07 Å². The Morgan fingerprint density at radius 2 is 2.33 bits per heavy atom. The normalized spacial score (nSPS) is 9.67. The lowest BCUT2D eigenvalue weighted by Gasteiger charge is -1.92. The summed E-state index contributed by atoms with van der Waals surface area (Å²) in [6.07, 6.45) is 3.94. The van der Waals surface area contributed by atoms with Gasteiger partial charge in [-0.15, -0.1) is 12.4 Å². The number of aromatic nitrogens is 2. The minimum absolute atomic E-state index is 0. The molecular formula is C10H11ClN2O2. The first kappa shape index (κ1) is 11.5. The standard InChI is InChI=1S/C10H10N2O2.ClH/c1-14-10(13)6-8-7-12-5-3-2-4-9(12)11-8;/h2-5,7H,6H2,1H3;1H. The van der Waals surface area contributed by atoms with E-state index in [0.29, 0.717) is 0 Å². The summed E-state index contributed by atoms with van der Waals surface area (Å²) < 4.78 is 6.44. The molecule has 0 aliphatic carbocycles. The number of rotatable bonds is 2. The summed E-state index contributed by atoms with van der Waals surface area (Å²) >= 11 is 0. The van der Waals surface area contributed by atoms with E-state index in [4.69, 9.17) is 0 Å². The molecule has 0 saturated carbocycles. The average Bonchev–Trinajstić information content (AvgIpc) is 2.59. The van der Waals surface area contributed by atoms with Crippen LogP contribution in [-0.2, 0) is 16.0 Å². The topological polar surface area (TPSA) is 43.6 Å². The van der Waals surface area contributed by atoms with Gasteiger partial charge >= 0.3 is 5.97 Å². The van der Waals surface area contributed by atoms with Gasteiger partial charge in [-0.2, -0.15) is 0 Å². The zero-order valence-corrected chi connectivity index (χ0v) is 9.03. The first-order valence-corrected chi connectivity index (χ1v) is 4.29. The molecule has 2 aromatic heterocycles. The predicted molar refractivity (Wildman–Crippen MR) is 58.2 cm³/mol. The Labute approximate surface area is 93.3 Å². The lowest BCUT2D eigenvalue weighted by atomic mass is 10.3. The predicted octanol–water partition coefficient (Wildman–Crippen LogP) is 1.47. The summed E-state index contributed by atoms with van der Waals surface area (Å²) in [7, 11) is 1.37. The molecule has 0 fully saturated rings. The molecule has 2 rings (SSSR count). The van der Waals surface area contributed by atoms with E-state index in [1.54, 1.807) is 0 Å². The van der Waals surface area contributed by atoms with Crippen LogP contribution in [0.4, 0.5) is 0 Å². The number of ether oxygens (including phenoxy) is 1. The molecule has 0 spiro atoms. The van der Waals surface area contributed by atoms with Crippen molar-refractivity contribution in [1.82, 2.24) is 9.38 Å². The quantitative estimate of drug-likeness (QED) is 0.729. The van der Waals surface area contributed by atoms with Crippen molar-refractivity contribution in [1.29, 1.82) is 0 Å². The van der Waals surface area contributed by atoms with E-state index in [-0.39, 0.29) is 24.8 Å². The Balaban J connectivity index is 0.00000112. The molecule has 0 aliphatic heterocycles. The van der Waals surface area contributed by atoms with Crippen molar-refractivity contribution >= 4 is 24.0 Å². The number of carbonyl (C=O) groups is 1. The minimum Gasteiger partial charge on any atom is -0.469 e. The molecule has 2 aromatic rings. The highest BCUT2D eigenvalue weighted by molar-refractivity contribution is 5.85. The maximum atomic E-state index is 11.0. The van der Waals surface area contributed by atoms with E-state index in [1.807, 2.05) is 35.0 Å². The van der Waals surface area contributed by atoms with Gasteiger partial charge in [0.1, 0.15) is 5.65 Å². The zero-order valence-electron chi connectivity index (χ0n) is 8.21. The fourth-order valence-corrected chi connectivity index (χ4v) is 1.29. The number of imidazole rings is 1. The molecule has 0 bridgehead atoms. The van der Waals surface area contributed by atoms with Gasteiger partial charge in [0.2, 0.25) is 0 Å². The Hall–Kier alpha value is -1.55. The third-order valence-corrected chi connectivity index (χ3v) is 1.97. The third-order valence-electron chi connectivity index (χ3n) is 1.97. The molecule has 80 valence electrons. The van der Waals surface area contributed by atoms with E-state index >= 15 is 0 Å². The molecule has 0 aliphatic rings. The molecule has 0 unspecified atom stereocenters. The summed E-state index contributed by atoms with van der Waals surface area (Å²) in [4.78, 5) is 15.2. The first-order chi connectivity index (χ1) is 6.79. The Morgan fingerprint density at radius 3 is 3.00 bits per heavy atom. The monoisotopic (exact) mass is 226 g/mol. The van der Waals surface area contributed by atoms with Gasteiger partial charge in [-0.25, -0.2) is 4.98 Å². The second-order valence-electron chi connectivity index (χ2n) is 2.95. The molecule has 4 nitrogen and oxygen atoms in total. The lowest BCUT2D eigenvalue weighted by molar-refractivity contribution is -0.139. The van der Waals surface area contributed by atoms with Crippen LogP contribution in [0.15, 0.2) is 30.6 Å². The Kier molecular flexibility index (Phi) is 3.68. The Bertz CT molecular complexity index is 434. The maximum Gasteiger partial charge on any atom is 0.311 e. The number of fused-ring (bicyclic) bond motifs is 1. The summed E-state index contributed by atoms with van der Waals surface area (Å²) in [6.45, 7) is 0. The molecular weight excluding hydrogens is 216 g/mol. The van der Waals surface area contributed by atoms with Crippen molar-refractivity contribution in [2.75, 3.05) is 7.11 Å². The van der Waals surface area contributed by atoms with E-state index < -0.39 is 0 Å². The molecule has 5 heteroatoms. The Morgan fingerprint density at radius 1 is 1.53 bits per heavy atom. The second-order valence-corrected chi connectivity index (χ2v) is 2.95. The van der Waals surface area contributed by atoms with Gasteiger partial charge in [0.15, 0.2) is 0 Å². The van der Waals surface area contributed by atoms with E-state index in [0.717, 1.165) is 11.3 Å². The molecule has 0 saturated heterocycles. The summed E-state index contributed by atoms with van der Waals surface area (Å²) in [5.41, 5.74) is 1.56. The van der Waals surface area contributed by atoms with Crippen LogP contribution in [-0.4, -0.2) is 22.5 Å². The van der Waals surface area contributed by atoms with Crippen LogP contribution >= 0.6 is 12.4 Å². The van der Waals surface area contributed by atoms with Gasteiger partial charge in [-0.05, 0) is 12.1 Å². The number of hydrogen-bond acceptors (Lipinski definition) is 3. The van der Waals surface area contributed by atoms with Gasteiger partial charge < -0.3 is 9.14 Å². The van der Waals surface area contributed by atoms with Crippen LogP contribution in [0.2, 0.25) is 0 Å². The highest BCUT2D eigenvalue weighted by atomic mass is 35.5. The van der Waals surface area contributed by atoms with Gasteiger partial charge in [-0.3, -0.25) is 4.79 Å². The minimum atomic E-state index is -0.270. The summed E-state index contributed by atoms with van der Waals surface area (Å²) in [6, 6.07) is 5.71. The zero-order chi connectivity index (χ0) is 9.97. The van der Waals surface area contributed by atoms with E-state index in [2.05, 4.69) is 9.72 Å². The van der Waals surface area contributed by atoms with Gasteiger partial charge in [0.25, 0.3) is 0 Å². The van der Waals surface area contributed by atoms with E-state index in [1.165, 1.54) is 7.11 Å². The van der Waals surface area contributed by atoms with Crippen molar-refractivity contribution < 1.29 is 9.53 Å². The smallest absolute Gasteiger partial charge is 0.311 e. The van der Waals surface area contributed by atoms with E-state index in [9.17, 15) is 4.79 Å². The molecule has 2 heterocycles. The molecule has 0 N–H and O–H groups in total.